The largest absolute Gasteiger partial charge is 0.497 e. The van der Waals surface area contributed by atoms with Gasteiger partial charge in [-0.25, -0.2) is 14.7 Å². The number of amides is 3. The maximum atomic E-state index is 13.2. The van der Waals surface area contributed by atoms with Crippen molar-refractivity contribution in [3.8, 4) is 16.3 Å². The van der Waals surface area contributed by atoms with Gasteiger partial charge < -0.3 is 10.1 Å². The Hall–Kier alpha value is -2.49. The zero-order valence-electron chi connectivity index (χ0n) is 20.0. The number of methoxy groups -OCH3 is 1. The smallest absolute Gasteiger partial charge is 0.326 e. The van der Waals surface area contributed by atoms with E-state index in [4.69, 9.17) is 9.72 Å². The molecule has 34 heavy (non-hydrogen) atoms. The highest BCUT2D eigenvalue weighted by Crippen LogP contribution is 2.38. The van der Waals surface area contributed by atoms with Crippen LogP contribution in [0, 0.1) is 5.92 Å². The highest BCUT2D eigenvalue weighted by Gasteiger charge is 2.55. The van der Waals surface area contributed by atoms with Crippen LogP contribution in [0.5, 0.6) is 5.75 Å². The lowest BCUT2D eigenvalue weighted by Crippen LogP contribution is -2.55. The number of thiazole rings is 1. The molecule has 1 spiro atoms. The number of carbonyl (C=O) groups excluding carboxylic acids is 2. The molecule has 3 aliphatic rings. The molecular formula is C25H33N5O3S. The van der Waals surface area contributed by atoms with Crippen molar-refractivity contribution in [2.24, 2.45) is 5.92 Å². The van der Waals surface area contributed by atoms with Gasteiger partial charge in [0.15, 0.2) is 0 Å². The SMILES string of the molecule is COc1ccc(-c2nc(CN3CCN(CN4C(=O)N[C@]5(CCCC[C@@H]5C)C4=O)CC3)cs2)cc1. The highest BCUT2D eigenvalue weighted by atomic mass is 32.1. The summed E-state index contributed by atoms with van der Waals surface area (Å²) in [7, 11) is 1.67. The fourth-order valence-corrected chi connectivity index (χ4v) is 6.20. The first-order valence-electron chi connectivity index (χ1n) is 12.2. The summed E-state index contributed by atoms with van der Waals surface area (Å²) in [5, 5.41) is 6.20. The van der Waals surface area contributed by atoms with Gasteiger partial charge in [-0.1, -0.05) is 19.8 Å². The van der Waals surface area contributed by atoms with Gasteiger partial charge in [0.2, 0.25) is 0 Å². The monoisotopic (exact) mass is 483 g/mol. The minimum atomic E-state index is -0.677. The lowest BCUT2D eigenvalue weighted by molar-refractivity contribution is -0.136. The molecule has 1 saturated carbocycles. The van der Waals surface area contributed by atoms with Gasteiger partial charge in [0.05, 0.1) is 19.5 Å². The second-order valence-electron chi connectivity index (χ2n) is 9.69. The number of nitrogens with one attached hydrogen (secondary N) is 1. The summed E-state index contributed by atoms with van der Waals surface area (Å²) in [5.74, 6) is 1.01. The van der Waals surface area contributed by atoms with Crippen molar-refractivity contribution in [2.45, 2.75) is 44.7 Å². The van der Waals surface area contributed by atoms with Crippen LogP contribution in [-0.4, -0.2) is 77.1 Å². The molecule has 1 aromatic carbocycles. The van der Waals surface area contributed by atoms with Crippen LogP contribution in [-0.2, 0) is 11.3 Å². The standard InChI is InChI=1S/C25H33N5O3S/c1-18-5-3-4-10-25(18)23(31)30(24(32)27-25)17-29-13-11-28(12-14-29)15-20-16-34-22(26-20)19-6-8-21(33-2)9-7-19/h6-9,16,18H,3-5,10-15,17H2,1-2H3,(H,27,32)/t18-,25-/m0/s1. The summed E-state index contributed by atoms with van der Waals surface area (Å²) in [5.41, 5.74) is 1.50. The highest BCUT2D eigenvalue weighted by molar-refractivity contribution is 7.13. The molecule has 182 valence electrons. The van der Waals surface area contributed by atoms with Crippen LogP contribution in [0.25, 0.3) is 10.6 Å². The summed E-state index contributed by atoms with van der Waals surface area (Å²) in [4.78, 5) is 36.8. The minimum Gasteiger partial charge on any atom is -0.497 e. The number of aromatic nitrogens is 1. The van der Waals surface area contributed by atoms with Gasteiger partial charge in [-0.15, -0.1) is 11.3 Å². The van der Waals surface area contributed by atoms with Crippen LogP contribution in [0.1, 0.15) is 38.3 Å². The Labute approximate surface area is 204 Å². The second-order valence-corrected chi connectivity index (χ2v) is 10.5. The summed E-state index contributed by atoms with van der Waals surface area (Å²) in [6, 6.07) is 7.76. The summed E-state index contributed by atoms with van der Waals surface area (Å²) < 4.78 is 5.24. The zero-order chi connectivity index (χ0) is 23.7. The molecule has 9 heteroatoms. The summed E-state index contributed by atoms with van der Waals surface area (Å²) >= 11 is 1.66. The number of imide groups is 1. The van der Waals surface area contributed by atoms with Crippen molar-refractivity contribution < 1.29 is 14.3 Å². The molecule has 3 amide bonds. The van der Waals surface area contributed by atoms with Gasteiger partial charge in [0.25, 0.3) is 5.91 Å². The number of benzene rings is 1. The van der Waals surface area contributed by atoms with Gasteiger partial charge in [0.1, 0.15) is 16.3 Å². The Morgan fingerprint density at radius 3 is 2.56 bits per heavy atom. The molecule has 8 nitrogen and oxygen atoms in total. The van der Waals surface area contributed by atoms with Crippen LogP contribution >= 0.6 is 11.3 Å². The summed E-state index contributed by atoms with van der Waals surface area (Å²) in [6.07, 6.45) is 3.89. The average Bonchev–Trinajstić information content (AvgIpc) is 3.41. The molecule has 1 aromatic heterocycles. The molecule has 1 N–H and O–H groups in total. The number of piperazine rings is 1. The molecule has 0 radical (unpaired) electrons. The Morgan fingerprint density at radius 2 is 1.85 bits per heavy atom. The van der Waals surface area contributed by atoms with Crippen molar-refractivity contribution >= 4 is 23.3 Å². The predicted molar refractivity (Wildman–Crippen MR) is 132 cm³/mol. The molecule has 5 rings (SSSR count). The first kappa shape index (κ1) is 23.3. The molecule has 3 fully saturated rings. The summed E-state index contributed by atoms with van der Waals surface area (Å²) in [6.45, 7) is 6.72. The zero-order valence-corrected chi connectivity index (χ0v) is 20.8. The van der Waals surface area contributed by atoms with Crippen LogP contribution in [0.2, 0.25) is 0 Å². The van der Waals surface area contributed by atoms with Crippen LogP contribution < -0.4 is 10.1 Å². The van der Waals surface area contributed by atoms with Gasteiger partial charge in [-0.05, 0) is 43.0 Å². The molecule has 1 aliphatic carbocycles. The molecule has 2 atom stereocenters. The third kappa shape index (κ3) is 4.44. The van der Waals surface area contributed by atoms with Gasteiger partial charge in [-0.2, -0.15) is 0 Å². The predicted octanol–water partition coefficient (Wildman–Crippen LogP) is 3.39. The van der Waals surface area contributed by atoms with Gasteiger partial charge in [-0.3, -0.25) is 14.6 Å². The van der Waals surface area contributed by atoms with E-state index in [1.165, 1.54) is 4.90 Å². The maximum absolute atomic E-state index is 13.2. The number of rotatable bonds is 6. The number of urea groups is 1. The first-order chi connectivity index (χ1) is 16.5. The van der Waals surface area contributed by atoms with E-state index in [0.717, 1.165) is 80.4 Å². The van der Waals surface area contributed by atoms with Crippen LogP contribution in [0.4, 0.5) is 4.79 Å². The van der Waals surface area contributed by atoms with E-state index in [1.54, 1.807) is 18.4 Å². The van der Waals surface area contributed by atoms with E-state index < -0.39 is 5.54 Å². The van der Waals surface area contributed by atoms with E-state index >= 15 is 0 Å². The quantitative estimate of drug-likeness (QED) is 0.635. The van der Waals surface area contributed by atoms with E-state index in [2.05, 4.69) is 27.4 Å². The van der Waals surface area contributed by atoms with E-state index in [1.807, 2.05) is 24.3 Å². The van der Waals surface area contributed by atoms with Crippen molar-refractivity contribution in [1.29, 1.82) is 0 Å². The number of hydrogen-bond acceptors (Lipinski definition) is 7. The second kappa shape index (κ2) is 9.64. The van der Waals surface area contributed by atoms with E-state index in [0.29, 0.717) is 6.67 Å². The molecular weight excluding hydrogens is 450 g/mol. The lowest BCUT2D eigenvalue weighted by atomic mass is 9.73. The van der Waals surface area contributed by atoms with Crippen LogP contribution in [0.3, 0.4) is 0 Å². The van der Waals surface area contributed by atoms with Crippen molar-refractivity contribution in [2.75, 3.05) is 40.0 Å². The third-order valence-electron chi connectivity index (χ3n) is 7.58. The molecule has 0 bridgehead atoms. The van der Waals surface area contributed by atoms with E-state index in [9.17, 15) is 9.59 Å². The van der Waals surface area contributed by atoms with Gasteiger partial charge in [0, 0.05) is 43.7 Å². The Morgan fingerprint density at radius 1 is 1.12 bits per heavy atom. The Kier molecular flexibility index (Phi) is 6.59. The van der Waals surface area contributed by atoms with Crippen molar-refractivity contribution in [3.63, 3.8) is 0 Å². The number of ether oxygens (including phenoxy) is 1. The number of nitrogens with zero attached hydrogens (tertiary/aromatic N) is 4. The third-order valence-corrected chi connectivity index (χ3v) is 8.52. The van der Waals surface area contributed by atoms with E-state index in [-0.39, 0.29) is 17.9 Å². The molecule has 2 aromatic rings. The van der Waals surface area contributed by atoms with Crippen LogP contribution in [0.15, 0.2) is 29.6 Å². The normalized spacial score (nSPS) is 26.3. The molecule has 3 heterocycles. The number of carbonyl (C=O) groups is 2. The minimum absolute atomic E-state index is 0.0272. The van der Waals surface area contributed by atoms with Crippen molar-refractivity contribution in [3.05, 3.63) is 35.3 Å². The Balaban J connectivity index is 1.13. The first-order valence-corrected chi connectivity index (χ1v) is 13.0. The average molecular weight is 484 g/mol. The fraction of sp³-hybridized carbons (Fsp3) is 0.560. The van der Waals surface area contributed by atoms with Gasteiger partial charge >= 0.3 is 6.03 Å². The topological polar surface area (TPSA) is 78.0 Å². The molecule has 2 aliphatic heterocycles. The number of hydrogen-bond donors (Lipinski definition) is 1. The molecule has 0 unspecified atom stereocenters. The Bertz CT molecular complexity index is 1030. The fourth-order valence-electron chi connectivity index (χ4n) is 5.39. The van der Waals surface area contributed by atoms with Crippen molar-refractivity contribution in [1.82, 2.24) is 25.0 Å². The lowest BCUT2D eigenvalue weighted by Gasteiger charge is -2.38. The maximum Gasteiger partial charge on any atom is 0.326 e. The molecule has 2 saturated heterocycles.